The highest BCUT2D eigenvalue weighted by molar-refractivity contribution is 6.39. The van der Waals surface area contributed by atoms with E-state index in [4.69, 9.17) is 16.3 Å². The molecule has 3 aromatic carbocycles. The smallest absolute Gasteiger partial charge is 0.335 e. The van der Waals surface area contributed by atoms with Gasteiger partial charge in [-0.2, -0.15) is 0 Å². The van der Waals surface area contributed by atoms with Crippen molar-refractivity contribution in [2.75, 3.05) is 4.90 Å². The van der Waals surface area contributed by atoms with Crippen molar-refractivity contribution in [1.29, 1.82) is 0 Å². The highest BCUT2D eigenvalue weighted by Crippen LogP contribution is 2.28. The minimum absolute atomic E-state index is 0.182. The summed E-state index contributed by atoms with van der Waals surface area (Å²) in [5.74, 6) is -0.997. The van der Waals surface area contributed by atoms with Crippen molar-refractivity contribution in [2.24, 2.45) is 0 Å². The molecule has 0 aromatic heterocycles. The van der Waals surface area contributed by atoms with Gasteiger partial charge in [-0.1, -0.05) is 65.2 Å². The summed E-state index contributed by atoms with van der Waals surface area (Å²) in [6.07, 6.45) is 1.43. The van der Waals surface area contributed by atoms with E-state index in [0.29, 0.717) is 22.9 Å². The molecule has 0 atom stereocenters. The molecule has 0 radical (unpaired) electrons. The third kappa shape index (κ3) is 4.87. The zero-order chi connectivity index (χ0) is 24.4. The number of urea groups is 1. The summed E-state index contributed by atoms with van der Waals surface area (Å²) >= 11 is 6.18. The van der Waals surface area contributed by atoms with Crippen molar-refractivity contribution in [1.82, 2.24) is 5.32 Å². The molecule has 1 aliphatic heterocycles. The number of hydrogen-bond acceptors (Lipinski definition) is 4. The molecule has 0 aliphatic carbocycles. The lowest BCUT2D eigenvalue weighted by atomic mass is 10.1. The van der Waals surface area contributed by atoms with Crippen LogP contribution < -0.4 is 15.0 Å². The maximum absolute atomic E-state index is 13.2. The predicted octanol–water partition coefficient (Wildman–Crippen LogP) is 5.51. The van der Waals surface area contributed by atoms with Crippen molar-refractivity contribution in [2.45, 2.75) is 27.4 Å². The van der Waals surface area contributed by atoms with Gasteiger partial charge in [0.2, 0.25) is 0 Å². The Labute approximate surface area is 202 Å². The van der Waals surface area contributed by atoms with Crippen LogP contribution in [-0.2, 0) is 16.2 Å². The maximum atomic E-state index is 13.2. The average molecular weight is 475 g/mol. The van der Waals surface area contributed by atoms with Crippen LogP contribution in [0.4, 0.5) is 10.5 Å². The number of anilines is 1. The van der Waals surface area contributed by atoms with E-state index in [1.54, 1.807) is 30.3 Å². The Morgan fingerprint density at radius 2 is 1.65 bits per heavy atom. The van der Waals surface area contributed by atoms with E-state index >= 15 is 0 Å². The summed E-state index contributed by atoms with van der Waals surface area (Å²) in [6, 6.07) is 17.3. The fourth-order valence-corrected chi connectivity index (χ4v) is 3.99. The molecule has 4 rings (SSSR count). The van der Waals surface area contributed by atoms with Crippen molar-refractivity contribution in [3.05, 3.63) is 99.1 Å². The van der Waals surface area contributed by atoms with Gasteiger partial charge >= 0.3 is 6.03 Å². The van der Waals surface area contributed by atoms with E-state index < -0.39 is 17.8 Å². The largest absolute Gasteiger partial charge is 0.488 e. The molecule has 3 aromatic rings. The molecule has 1 saturated heterocycles. The number of rotatable bonds is 5. The molecule has 1 aliphatic rings. The Morgan fingerprint density at radius 3 is 2.35 bits per heavy atom. The number of aryl methyl sites for hydroxylation is 3. The van der Waals surface area contributed by atoms with Gasteiger partial charge in [-0.05, 0) is 56.2 Å². The minimum Gasteiger partial charge on any atom is -0.488 e. The zero-order valence-electron chi connectivity index (χ0n) is 19.0. The Hall–Kier alpha value is -3.90. The molecule has 1 N–H and O–H groups in total. The topological polar surface area (TPSA) is 75.7 Å². The van der Waals surface area contributed by atoms with Gasteiger partial charge in [0.1, 0.15) is 17.9 Å². The number of nitrogens with zero attached hydrogens (tertiary/aromatic N) is 1. The second kappa shape index (κ2) is 9.53. The number of barbiturate groups is 1. The average Bonchev–Trinajstić information content (AvgIpc) is 2.77. The van der Waals surface area contributed by atoms with Gasteiger partial charge in [0.15, 0.2) is 0 Å². The lowest BCUT2D eigenvalue weighted by Crippen LogP contribution is -2.54. The van der Waals surface area contributed by atoms with Crippen LogP contribution in [0.15, 0.2) is 66.2 Å². The van der Waals surface area contributed by atoms with E-state index in [0.717, 1.165) is 27.2 Å². The van der Waals surface area contributed by atoms with Crippen LogP contribution in [-0.4, -0.2) is 17.8 Å². The first-order chi connectivity index (χ1) is 16.2. The first kappa shape index (κ1) is 23.3. The number of hydrogen-bond donors (Lipinski definition) is 1. The molecule has 0 bridgehead atoms. The molecular weight excluding hydrogens is 452 g/mol. The van der Waals surface area contributed by atoms with Crippen LogP contribution >= 0.6 is 11.6 Å². The number of carbonyl (C=O) groups is 3. The Morgan fingerprint density at radius 1 is 0.941 bits per heavy atom. The van der Waals surface area contributed by atoms with Gasteiger partial charge in [0.25, 0.3) is 11.8 Å². The standard InChI is InChI=1S/C27H23ClN2O4/c1-16-10-17(2)12-19(11-16)15-34-24-7-5-4-6-20(24)13-22-25(31)29-27(33)30(26(22)32)21-9-8-18(3)23(28)14-21/h4-14H,15H2,1-3H3,(H,29,31,33)/b22-13+. The summed E-state index contributed by atoms with van der Waals surface area (Å²) in [6.45, 7) is 6.19. The molecule has 1 heterocycles. The fourth-order valence-electron chi connectivity index (χ4n) is 3.81. The molecule has 1 fully saturated rings. The first-order valence-corrected chi connectivity index (χ1v) is 11.1. The number of halogens is 1. The van der Waals surface area contributed by atoms with Crippen molar-refractivity contribution in [3.63, 3.8) is 0 Å². The summed E-state index contributed by atoms with van der Waals surface area (Å²) in [4.78, 5) is 39.1. The number of imide groups is 2. The van der Waals surface area contributed by atoms with Gasteiger partial charge in [-0.3, -0.25) is 14.9 Å². The third-order valence-corrected chi connectivity index (χ3v) is 5.82. The molecule has 6 nitrogen and oxygen atoms in total. The lowest BCUT2D eigenvalue weighted by molar-refractivity contribution is -0.122. The van der Waals surface area contributed by atoms with E-state index in [1.807, 2.05) is 39.0 Å². The van der Waals surface area contributed by atoms with Crippen LogP contribution in [0, 0.1) is 20.8 Å². The van der Waals surface area contributed by atoms with Crippen molar-refractivity contribution in [3.8, 4) is 5.75 Å². The SMILES string of the molecule is Cc1cc(C)cc(COc2ccccc2/C=C2\C(=O)NC(=O)N(c3ccc(C)c(Cl)c3)C2=O)c1. The summed E-state index contributed by atoms with van der Waals surface area (Å²) in [5, 5.41) is 2.64. The van der Waals surface area contributed by atoms with Gasteiger partial charge in [-0.25, -0.2) is 9.69 Å². The third-order valence-electron chi connectivity index (χ3n) is 5.41. The molecule has 4 amide bonds. The van der Waals surface area contributed by atoms with E-state index in [9.17, 15) is 14.4 Å². The Bertz CT molecular complexity index is 1330. The number of carbonyl (C=O) groups excluding carboxylic acids is 3. The van der Waals surface area contributed by atoms with Crippen LogP contribution in [0.2, 0.25) is 5.02 Å². The van der Waals surface area contributed by atoms with Crippen LogP contribution in [0.25, 0.3) is 6.08 Å². The molecule has 7 heteroatoms. The van der Waals surface area contributed by atoms with Crippen molar-refractivity contribution < 1.29 is 19.1 Å². The molecule has 0 spiro atoms. The van der Waals surface area contributed by atoms with Crippen LogP contribution in [0.3, 0.4) is 0 Å². The number of ether oxygens (including phenoxy) is 1. The number of para-hydroxylation sites is 1. The highest BCUT2D eigenvalue weighted by Gasteiger charge is 2.37. The number of amides is 4. The van der Waals surface area contributed by atoms with Gasteiger partial charge in [-0.15, -0.1) is 0 Å². The molecule has 0 unspecified atom stereocenters. The normalized spacial score (nSPS) is 15.0. The second-order valence-corrected chi connectivity index (χ2v) is 8.62. The van der Waals surface area contributed by atoms with Crippen LogP contribution in [0.1, 0.15) is 27.8 Å². The summed E-state index contributed by atoms with van der Waals surface area (Å²) < 4.78 is 6.02. The molecular formula is C27H23ClN2O4. The van der Waals surface area contributed by atoms with E-state index in [2.05, 4.69) is 11.4 Å². The van der Waals surface area contributed by atoms with Gasteiger partial charge < -0.3 is 4.74 Å². The highest BCUT2D eigenvalue weighted by atomic mass is 35.5. The van der Waals surface area contributed by atoms with Crippen molar-refractivity contribution >= 4 is 41.2 Å². The molecule has 172 valence electrons. The zero-order valence-corrected chi connectivity index (χ0v) is 19.8. The van der Waals surface area contributed by atoms with Crippen LogP contribution in [0.5, 0.6) is 5.75 Å². The summed E-state index contributed by atoms with van der Waals surface area (Å²) in [7, 11) is 0. The summed E-state index contributed by atoms with van der Waals surface area (Å²) in [5.41, 5.74) is 4.73. The minimum atomic E-state index is -0.827. The lowest BCUT2D eigenvalue weighted by Gasteiger charge is -2.26. The van der Waals surface area contributed by atoms with E-state index in [1.165, 1.54) is 12.1 Å². The van der Waals surface area contributed by atoms with E-state index in [-0.39, 0.29) is 11.3 Å². The molecule has 34 heavy (non-hydrogen) atoms. The Kier molecular flexibility index (Phi) is 6.52. The van der Waals surface area contributed by atoms with Gasteiger partial charge in [0, 0.05) is 10.6 Å². The Balaban J connectivity index is 1.65. The quantitative estimate of drug-likeness (QED) is 0.390. The second-order valence-electron chi connectivity index (χ2n) is 8.21. The monoisotopic (exact) mass is 474 g/mol. The molecule has 0 saturated carbocycles. The first-order valence-electron chi connectivity index (χ1n) is 10.7. The number of benzene rings is 3. The number of nitrogens with one attached hydrogen (secondary N) is 1. The predicted molar refractivity (Wildman–Crippen MR) is 132 cm³/mol. The fraction of sp³-hybridized carbons (Fsp3) is 0.148. The maximum Gasteiger partial charge on any atom is 0.335 e. The van der Waals surface area contributed by atoms with Gasteiger partial charge in [0.05, 0.1) is 5.69 Å².